The third kappa shape index (κ3) is 8.24. The lowest BCUT2D eigenvalue weighted by molar-refractivity contribution is -0.137. The number of thioether (sulfide) groups is 1. The third-order valence-corrected chi connectivity index (χ3v) is 6.99. The first-order valence-corrected chi connectivity index (χ1v) is 11.5. The molecule has 0 amide bonds. The number of unbranched alkanes of at least 4 members (excludes halogenated alkanes) is 3. The third-order valence-electron chi connectivity index (χ3n) is 5.80. The normalized spacial score (nSPS) is 25.2. The molecule has 0 saturated heterocycles. The summed E-state index contributed by atoms with van der Waals surface area (Å²) in [6.07, 6.45) is 4.15. The van der Waals surface area contributed by atoms with Crippen LogP contribution < -0.4 is 0 Å². The fraction of sp³-hybridized carbons (Fsp3) is 0.682. The van der Waals surface area contributed by atoms with E-state index in [2.05, 4.69) is 0 Å². The van der Waals surface area contributed by atoms with Crippen LogP contribution in [0.1, 0.15) is 57.8 Å². The van der Waals surface area contributed by atoms with Gasteiger partial charge in [0.2, 0.25) is 0 Å². The van der Waals surface area contributed by atoms with E-state index in [0.29, 0.717) is 36.3 Å². The Bertz CT molecular complexity index is 629. The minimum Gasteiger partial charge on any atom is -0.481 e. The zero-order valence-corrected chi connectivity index (χ0v) is 17.6. The Morgan fingerprint density at radius 1 is 1.07 bits per heavy atom. The lowest BCUT2D eigenvalue weighted by Crippen LogP contribution is -2.24. The Hall–Kier alpha value is -1.15. The molecule has 164 valence electrons. The SMILES string of the molecule is O=C(O)CCCCCC[C@@H]1[C@@H](CCC(O)CSc2ccccc2F)[C@H](O)C[C@@H]1O. The zero-order valence-electron chi connectivity index (χ0n) is 16.8. The number of carboxylic acids is 1. The molecule has 1 saturated carbocycles. The fourth-order valence-corrected chi connectivity index (χ4v) is 5.13. The summed E-state index contributed by atoms with van der Waals surface area (Å²) < 4.78 is 13.7. The van der Waals surface area contributed by atoms with Crippen molar-refractivity contribution in [3.63, 3.8) is 0 Å². The van der Waals surface area contributed by atoms with Crippen molar-refractivity contribution in [2.45, 2.75) is 81.0 Å². The van der Waals surface area contributed by atoms with Gasteiger partial charge in [-0.3, -0.25) is 4.79 Å². The number of halogens is 1. The van der Waals surface area contributed by atoms with Gasteiger partial charge in [0.1, 0.15) is 5.82 Å². The van der Waals surface area contributed by atoms with Crippen molar-refractivity contribution in [3.05, 3.63) is 30.1 Å². The number of aliphatic hydroxyl groups excluding tert-OH is 3. The summed E-state index contributed by atoms with van der Waals surface area (Å²) in [4.78, 5) is 11.0. The molecule has 1 aliphatic rings. The predicted octanol–water partition coefficient (Wildman–Crippen LogP) is 3.84. The molecule has 0 heterocycles. The van der Waals surface area contributed by atoms with Crippen molar-refractivity contribution in [2.75, 3.05) is 5.75 Å². The van der Waals surface area contributed by atoms with Gasteiger partial charge in [-0.1, -0.05) is 31.4 Å². The van der Waals surface area contributed by atoms with Crippen LogP contribution >= 0.6 is 11.8 Å². The molecule has 0 radical (unpaired) electrons. The summed E-state index contributed by atoms with van der Waals surface area (Å²) in [6.45, 7) is 0. The number of rotatable bonds is 13. The van der Waals surface area contributed by atoms with Gasteiger partial charge in [-0.05, 0) is 56.1 Å². The van der Waals surface area contributed by atoms with Crippen molar-refractivity contribution in [2.24, 2.45) is 11.8 Å². The zero-order chi connectivity index (χ0) is 21.2. The smallest absolute Gasteiger partial charge is 0.303 e. The van der Waals surface area contributed by atoms with Crippen molar-refractivity contribution in [3.8, 4) is 0 Å². The summed E-state index contributed by atoms with van der Waals surface area (Å²) >= 11 is 1.28. The molecule has 7 heteroatoms. The van der Waals surface area contributed by atoms with E-state index in [9.17, 15) is 24.5 Å². The lowest BCUT2D eigenvalue weighted by Gasteiger charge is -2.24. The molecule has 0 aromatic heterocycles. The summed E-state index contributed by atoms with van der Waals surface area (Å²) in [7, 11) is 0. The maximum absolute atomic E-state index is 13.7. The minimum absolute atomic E-state index is 0.0101. The van der Waals surface area contributed by atoms with E-state index in [4.69, 9.17) is 5.11 Å². The highest BCUT2D eigenvalue weighted by molar-refractivity contribution is 7.99. The van der Waals surface area contributed by atoms with Gasteiger partial charge in [-0.25, -0.2) is 4.39 Å². The maximum atomic E-state index is 13.7. The quantitative estimate of drug-likeness (QED) is 0.281. The first kappa shape index (κ1) is 24.1. The van der Waals surface area contributed by atoms with Gasteiger partial charge in [0.15, 0.2) is 0 Å². The van der Waals surface area contributed by atoms with Crippen LogP contribution in [0.2, 0.25) is 0 Å². The van der Waals surface area contributed by atoms with Crippen LogP contribution in [0, 0.1) is 17.7 Å². The number of aliphatic hydroxyl groups is 3. The molecule has 4 N–H and O–H groups in total. The van der Waals surface area contributed by atoms with Gasteiger partial charge in [0.25, 0.3) is 0 Å². The summed E-state index contributed by atoms with van der Waals surface area (Å²) in [5, 5.41) is 39.6. The molecular formula is C22H33FO5S. The number of aliphatic carboxylic acids is 1. The first-order valence-electron chi connectivity index (χ1n) is 10.5. The molecule has 0 spiro atoms. The average Bonchev–Trinajstić information content (AvgIpc) is 2.94. The average molecular weight is 429 g/mol. The number of carboxylic acid groups (broad SMARTS) is 1. The summed E-state index contributed by atoms with van der Waals surface area (Å²) in [5.74, 6) is -0.706. The summed E-state index contributed by atoms with van der Waals surface area (Å²) in [5.41, 5.74) is 0. The van der Waals surface area contributed by atoms with Crippen LogP contribution in [0.25, 0.3) is 0 Å². The second-order valence-electron chi connectivity index (χ2n) is 8.02. The van der Waals surface area contributed by atoms with Crippen LogP contribution in [0.15, 0.2) is 29.2 Å². The van der Waals surface area contributed by atoms with Crippen molar-refractivity contribution in [1.29, 1.82) is 0 Å². The second kappa shape index (κ2) is 12.5. The van der Waals surface area contributed by atoms with E-state index >= 15 is 0 Å². The van der Waals surface area contributed by atoms with Gasteiger partial charge in [0.05, 0.1) is 18.3 Å². The van der Waals surface area contributed by atoms with Gasteiger partial charge in [0, 0.05) is 17.1 Å². The van der Waals surface area contributed by atoms with Crippen LogP contribution in [-0.2, 0) is 4.79 Å². The van der Waals surface area contributed by atoms with E-state index in [1.54, 1.807) is 18.2 Å². The molecule has 5 nitrogen and oxygen atoms in total. The Kier molecular flexibility index (Phi) is 10.4. The van der Waals surface area contributed by atoms with E-state index in [1.807, 2.05) is 0 Å². The molecule has 0 bridgehead atoms. The van der Waals surface area contributed by atoms with Crippen LogP contribution in [-0.4, -0.2) is 50.5 Å². The van der Waals surface area contributed by atoms with E-state index < -0.39 is 24.3 Å². The molecule has 5 atom stereocenters. The first-order chi connectivity index (χ1) is 13.9. The highest BCUT2D eigenvalue weighted by atomic mass is 32.2. The molecule has 1 aliphatic carbocycles. The number of carbonyl (C=O) groups is 1. The fourth-order valence-electron chi connectivity index (χ4n) is 4.21. The minimum atomic E-state index is -0.772. The Balaban J connectivity index is 1.72. The van der Waals surface area contributed by atoms with Crippen LogP contribution in [0.3, 0.4) is 0 Å². The molecule has 1 fully saturated rings. The maximum Gasteiger partial charge on any atom is 0.303 e. The van der Waals surface area contributed by atoms with Crippen molar-refractivity contribution >= 4 is 17.7 Å². The van der Waals surface area contributed by atoms with E-state index in [0.717, 1.165) is 25.7 Å². The molecule has 1 unspecified atom stereocenters. The topological polar surface area (TPSA) is 98.0 Å². The van der Waals surface area contributed by atoms with Crippen molar-refractivity contribution in [1.82, 2.24) is 0 Å². The Morgan fingerprint density at radius 3 is 2.41 bits per heavy atom. The Labute approximate surface area is 176 Å². The van der Waals surface area contributed by atoms with Gasteiger partial charge in [-0.2, -0.15) is 0 Å². The molecule has 1 aromatic carbocycles. The van der Waals surface area contributed by atoms with Gasteiger partial charge in [-0.15, -0.1) is 11.8 Å². The summed E-state index contributed by atoms with van der Waals surface area (Å²) in [6, 6.07) is 6.49. The Morgan fingerprint density at radius 2 is 1.72 bits per heavy atom. The molecule has 1 aromatic rings. The number of benzene rings is 1. The lowest BCUT2D eigenvalue weighted by atomic mass is 9.85. The van der Waals surface area contributed by atoms with E-state index in [-0.39, 0.29) is 24.1 Å². The largest absolute Gasteiger partial charge is 0.481 e. The second-order valence-corrected chi connectivity index (χ2v) is 9.08. The van der Waals surface area contributed by atoms with Gasteiger partial charge < -0.3 is 20.4 Å². The number of hydrogen-bond donors (Lipinski definition) is 4. The standard InChI is InChI=1S/C22H33FO5S/c23-18-8-5-6-9-21(18)29-14-15(24)11-12-17-16(19(25)13-20(17)26)7-3-1-2-4-10-22(27)28/h5-6,8-9,15-17,19-20,24-26H,1-4,7,10-14H2,(H,27,28)/t15?,16-,17-,19+,20-/m1/s1. The van der Waals surface area contributed by atoms with Crippen LogP contribution in [0.5, 0.6) is 0 Å². The molecular weight excluding hydrogens is 395 g/mol. The van der Waals surface area contributed by atoms with Crippen LogP contribution in [0.4, 0.5) is 4.39 Å². The highest BCUT2D eigenvalue weighted by Crippen LogP contribution is 2.39. The monoisotopic (exact) mass is 428 g/mol. The molecule has 2 rings (SSSR count). The molecule has 29 heavy (non-hydrogen) atoms. The molecule has 0 aliphatic heterocycles. The number of hydrogen-bond acceptors (Lipinski definition) is 5. The van der Waals surface area contributed by atoms with Crippen molar-refractivity contribution < 1.29 is 29.6 Å². The predicted molar refractivity (Wildman–Crippen MR) is 111 cm³/mol. The highest BCUT2D eigenvalue weighted by Gasteiger charge is 2.40. The van der Waals surface area contributed by atoms with Gasteiger partial charge >= 0.3 is 5.97 Å². The van der Waals surface area contributed by atoms with E-state index in [1.165, 1.54) is 17.8 Å².